The summed E-state index contributed by atoms with van der Waals surface area (Å²) < 4.78 is 0. The minimum Gasteiger partial charge on any atom is -0.312 e. The second-order valence-corrected chi connectivity index (χ2v) is 2.83. The van der Waals surface area contributed by atoms with Gasteiger partial charge in [0.15, 0.2) is 0 Å². The van der Waals surface area contributed by atoms with Gasteiger partial charge in [0.25, 0.3) is 0 Å². The maximum Gasteiger partial charge on any atom is 0.0946 e. The first kappa shape index (κ1) is 9.92. The SMILES string of the molecule is CCC(C)C(C)NCC[O]. The highest BCUT2D eigenvalue weighted by molar-refractivity contribution is 4.65. The molecule has 0 saturated heterocycles. The molecule has 0 aliphatic heterocycles. The molecule has 61 valence electrons. The summed E-state index contributed by atoms with van der Waals surface area (Å²) in [7, 11) is 0. The molecule has 0 aliphatic rings. The summed E-state index contributed by atoms with van der Waals surface area (Å²) in [6.07, 6.45) is 1.17. The lowest BCUT2D eigenvalue weighted by Gasteiger charge is -2.18. The van der Waals surface area contributed by atoms with Gasteiger partial charge in [-0.05, 0) is 12.8 Å². The number of hydrogen-bond donors (Lipinski definition) is 1. The zero-order chi connectivity index (χ0) is 7.98. The molecular formula is C8H18NO. The maximum atomic E-state index is 10.1. The highest BCUT2D eigenvalue weighted by Gasteiger charge is 2.07. The second kappa shape index (κ2) is 5.69. The van der Waals surface area contributed by atoms with E-state index in [1.54, 1.807) is 0 Å². The maximum absolute atomic E-state index is 10.1. The van der Waals surface area contributed by atoms with Gasteiger partial charge in [0, 0.05) is 12.6 Å². The molecule has 0 amide bonds. The lowest BCUT2D eigenvalue weighted by atomic mass is 10.0. The van der Waals surface area contributed by atoms with Crippen LogP contribution in [0.25, 0.3) is 0 Å². The van der Waals surface area contributed by atoms with Gasteiger partial charge in [-0.3, -0.25) is 0 Å². The molecule has 1 radical (unpaired) electrons. The fourth-order valence-electron chi connectivity index (χ4n) is 0.841. The first-order valence-corrected chi connectivity index (χ1v) is 4.03. The highest BCUT2D eigenvalue weighted by atomic mass is 16.3. The number of nitrogens with one attached hydrogen (secondary N) is 1. The van der Waals surface area contributed by atoms with Crippen LogP contribution in [0.3, 0.4) is 0 Å². The monoisotopic (exact) mass is 144 g/mol. The number of hydrogen-bond acceptors (Lipinski definition) is 1. The molecule has 0 heterocycles. The summed E-state index contributed by atoms with van der Waals surface area (Å²) in [6.45, 7) is 7.08. The summed E-state index contributed by atoms with van der Waals surface area (Å²) in [5.41, 5.74) is 0. The Morgan fingerprint density at radius 2 is 2.00 bits per heavy atom. The third-order valence-electron chi connectivity index (χ3n) is 2.07. The molecule has 0 aromatic heterocycles. The molecule has 0 saturated carbocycles. The zero-order valence-corrected chi connectivity index (χ0v) is 7.18. The molecule has 0 fully saturated rings. The minimum atomic E-state index is -0.0131. The average molecular weight is 144 g/mol. The van der Waals surface area contributed by atoms with Crippen molar-refractivity contribution in [2.75, 3.05) is 13.2 Å². The first-order chi connectivity index (χ1) is 4.72. The van der Waals surface area contributed by atoms with Crippen LogP contribution in [0.4, 0.5) is 0 Å². The fourth-order valence-corrected chi connectivity index (χ4v) is 0.841. The van der Waals surface area contributed by atoms with Gasteiger partial charge in [-0.1, -0.05) is 20.3 Å². The van der Waals surface area contributed by atoms with Gasteiger partial charge in [-0.15, -0.1) is 0 Å². The van der Waals surface area contributed by atoms with Crippen molar-refractivity contribution in [2.24, 2.45) is 5.92 Å². The van der Waals surface area contributed by atoms with Gasteiger partial charge in [0.1, 0.15) is 0 Å². The van der Waals surface area contributed by atoms with Crippen molar-refractivity contribution in [2.45, 2.75) is 33.2 Å². The lowest BCUT2D eigenvalue weighted by molar-refractivity contribution is 0.186. The third kappa shape index (κ3) is 3.85. The average Bonchev–Trinajstić information content (AvgIpc) is 1.98. The molecule has 0 bridgehead atoms. The normalized spacial score (nSPS) is 16.8. The molecule has 0 spiro atoms. The Morgan fingerprint density at radius 1 is 1.40 bits per heavy atom. The Hall–Kier alpha value is -0.0800. The van der Waals surface area contributed by atoms with E-state index >= 15 is 0 Å². The molecule has 0 aromatic carbocycles. The van der Waals surface area contributed by atoms with Crippen LogP contribution >= 0.6 is 0 Å². The van der Waals surface area contributed by atoms with Gasteiger partial charge < -0.3 is 5.32 Å². The summed E-state index contributed by atoms with van der Waals surface area (Å²) in [6, 6.07) is 0.485. The quantitative estimate of drug-likeness (QED) is 0.622. The van der Waals surface area contributed by atoms with Gasteiger partial charge in [-0.2, -0.15) is 0 Å². The van der Waals surface area contributed by atoms with E-state index in [-0.39, 0.29) is 6.61 Å². The smallest absolute Gasteiger partial charge is 0.0946 e. The molecule has 2 atom stereocenters. The molecule has 2 heteroatoms. The van der Waals surface area contributed by atoms with Crippen molar-refractivity contribution in [3.8, 4) is 0 Å². The summed E-state index contributed by atoms with van der Waals surface area (Å²) in [5, 5.41) is 13.3. The molecular weight excluding hydrogens is 126 g/mol. The van der Waals surface area contributed by atoms with Crippen molar-refractivity contribution in [3.63, 3.8) is 0 Å². The van der Waals surface area contributed by atoms with Crippen LogP contribution in [0.2, 0.25) is 0 Å². The van der Waals surface area contributed by atoms with Crippen molar-refractivity contribution < 1.29 is 5.11 Å². The van der Waals surface area contributed by atoms with E-state index in [2.05, 4.69) is 26.1 Å². The van der Waals surface area contributed by atoms with E-state index in [4.69, 9.17) is 0 Å². The minimum absolute atomic E-state index is 0.0131. The lowest BCUT2D eigenvalue weighted by Crippen LogP contribution is -2.33. The van der Waals surface area contributed by atoms with Crippen LogP contribution in [0.1, 0.15) is 27.2 Å². The predicted molar refractivity (Wildman–Crippen MR) is 42.5 cm³/mol. The van der Waals surface area contributed by atoms with E-state index in [9.17, 15) is 5.11 Å². The topological polar surface area (TPSA) is 31.9 Å². The van der Waals surface area contributed by atoms with E-state index in [1.165, 1.54) is 6.42 Å². The first-order valence-electron chi connectivity index (χ1n) is 4.03. The van der Waals surface area contributed by atoms with Crippen molar-refractivity contribution in [1.82, 2.24) is 5.32 Å². The molecule has 2 unspecified atom stereocenters. The van der Waals surface area contributed by atoms with Crippen LogP contribution in [0, 0.1) is 5.92 Å². The van der Waals surface area contributed by atoms with E-state index < -0.39 is 0 Å². The highest BCUT2D eigenvalue weighted by Crippen LogP contribution is 2.05. The molecule has 10 heavy (non-hydrogen) atoms. The second-order valence-electron chi connectivity index (χ2n) is 2.83. The molecule has 0 aliphatic carbocycles. The predicted octanol–water partition coefficient (Wildman–Crippen LogP) is 1.44. The standard InChI is InChI=1S/C8H18NO/c1-4-7(2)8(3)9-5-6-10/h7-9H,4-6H2,1-3H3. The van der Waals surface area contributed by atoms with Crippen molar-refractivity contribution in [3.05, 3.63) is 0 Å². The fraction of sp³-hybridized carbons (Fsp3) is 1.00. The third-order valence-corrected chi connectivity index (χ3v) is 2.07. The van der Waals surface area contributed by atoms with Gasteiger partial charge >= 0.3 is 0 Å². The van der Waals surface area contributed by atoms with Crippen LogP contribution in [-0.4, -0.2) is 19.2 Å². The summed E-state index contributed by atoms with van der Waals surface area (Å²) >= 11 is 0. The van der Waals surface area contributed by atoms with E-state index in [1.807, 2.05) is 0 Å². The largest absolute Gasteiger partial charge is 0.312 e. The van der Waals surface area contributed by atoms with Crippen molar-refractivity contribution >= 4 is 0 Å². The summed E-state index contributed by atoms with van der Waals surface area (Å²) in [5.74, 6) is 0.673. The van der Waals surface area contributed by atoms with Crippen molar-refractivity contribution in [1.29, 1.82) is 0 Å². The Morgan fingerprint density at radius 3 is 2.40 bits per heavy atom. The Balaban J connectivity index is 3.31. The van der Waals surface area contributed by atoms with E-state index in [0.29, 0.717) is 18.5 Å². The molecule has 0 rings (SSSR count). The molecule has 1 N–H and O–H groups in total. The van der Waals surface area contributed by atoms with Gasteiger partial charge in [-0.25, -0.2) is 5.11 Å². The van der Waals surface area contributed by atoms with Gasteiger partial charge in [0.05, 0.1) is 6.61 Å². The van der Waals surface area contributed by atoms with Crippen LogP contribution in [0.5, 0.6) is 0 Å². The van der Waals surface area contributed by atoms with E-state index in [0.717, 1.165) is 0 Å². The van der Waals surface area contributed by atoms with Crippen LogP contribution in [0.15, 0.2) is 0 Å². The van der Waals surface area contributed by atoms with Crippen LogP contribution < -0.4 is 5.32 Å². The number of rotatable bonds is 5. The Labute approximate surface area is 63.6 Å². The molecule has 0 aromatic rings. The molecule has 2 nitrogen and oxygen atoms in total. The van der Waals surface area contributed by atoms with Crippen LogP contribution in [-0.2, 0) is 5.11 Å². The van der Waals surface area contributed by atoms with Gasteiger partial charge in [0.2, 0.25) is 0 Å². The Bertz CT molecular complexity index is 75.7. The Kier molecular flexibility index (Phi) is 5.64. The summed E-state index contributed by atoms with van der Waals surface area (Å²) in [4.78, 5) is 0. The zero-order valence-electron chi connectivity index (χ0n) is 7.18.